The highest BCUT2D eigenvalue weighted by atomic mass is 16.3. The van der Waals surface area contributed by atoms with Crippen molar-refractivity contribution in [1.29, 1.82) is 0 Å². The van der Waals surface area contributed by atoms with E-state index in [2.05, 4.69) is 164 Å². The Bertz CT molecular complexity index is 3270. The Kier molecular flexibility index (Phi) is 7.14. The Morgan fingerprint density at radius 3 is 1.62 bits per heavy atom. The Labute approximate surface area is 317 Å². The molecule has 4 nitrogen and oxygen atoms in total. The first-order valence-corrected chi connectivity index (χ1v) is 18.5. The van der Waals surface area contributed by atoms with Crippen LogP contribution in [0.3, 0.4) is 0 Å². The number of nitrogens with zero attached hydrogens (tertiary/aromatic N) is 3. The van der Waals surface area contributed by atoms with Crippen LogP contribution in [0.1, 0.15) is 0 Å². The molecule has 2 heterocycles. The number of benzene rings is 9. The van der Waals surface area contributed by atoms with E-state index in [0.717, 1.165) is 76.9 Å². The van der Waals surface area contributed by atoms with Crippen molar-refractivity contribution in [3.63, 3.8) is 0 Å². The summed E-state index contributed by atoms with van der Waals surface area (Å²) in [7, 11) is 0. The van der Waals surface area contributed by atoms with Gasteiger partial charge < -0.3 is 4.42 Å². The van der Waals surface area contributed by atoms with Crippen molar-refractivity contribution in [2.24, 2.45) is 0 Å². The molecule has 256 valence electrons. The highest BCUT2D eigenvalue weighted by molar-refractivity contribution is 6.11. The Morgan fingerprint density at radius 1 is 0.291 bits per heavy atom. The normalized spacial score (nSPS) is 11.6. The molecule has 0 spiro atoms. The molecule has 4 heteroatoms. The van der Waals surface area contributed by atoms with Gasteiger partial charge in [0.2, 0.25) is 0 Å². The zero-order valence-electron chi connectivity index (χ0n) is 29.6. The highest BCUT2D eigenvalue weighted by Gasteiger charge is 2.22. The Hall–Kier alpha value is -7.43. The number of fused-ring (bicyclic) bond motifs is 6. The van der Waals surface area contributed by atoms with Gasteiger partial charge in [-0.3, -0.25) is 0 Å². The van der Waals surface area contributed by atoms with E-state index < -0.39 is 0 Å². The molecular formula is C51H31N3O. The Morgan fingerprint density at radius 2 is 0.800 bits per heavy atom. The first-order valence-electron chi connectivity index (χ1n) is 18.5. The molecule has 0 N–H and O–H groups in total. The topological polar surface area (TPSA) is 51.8 Å². The molecule has 2 aromatic heterocycles. The molecule has 55 heavy (non-hydrogen) atoms. The number of hydrogen-bond donors (Lipinski definition) is 0. The molecule has 0 aliphatic carbocycles. The fourth-order valence-corrected chi connectivity index (χ4v) is 8.21. The first-order chi connectivity index (χ1) is 27.3. The van der Waals surface area contributed by atoms with Crippen LogP contribution in [0.5, 0.6) is 0 Å². The lowest BCUT2D eigenvalue weighted by atomic mass is 9.91. The maximum atomic E-state index is 6.56. The van der Waals surface area contributed by atoms with Gasteiger partial charge in [-0.1, -0.05) is 170 Å². The molecule has 0 amide bonds. The van der Waals surface area contributed by atoms with Crippen molar-refractivity contribution in [3.8, 4) is 56.4 Å². The fraction of sp³-hybridized carbons (Fsp3) is 0. The van der Waals surface area contributed by atoms with E-state index in [1.807, 2.05) is 24.3 Å². The van der Waals surface area contributed by atoms with Gasteiger partial charge in [0.15, 0.2) is 17.5 Å². The summed E-state index contributed by atoms with van der Waals surface area (Å²) >= 11 is 0. The summed E-state index contributed by atoms with van der Waals surface area (Å²) in [5.41, 5.74) is 8.80. The van der Waals surface area contributed by atoms with Crippen molar-refractivity contribution < 1.29 is 4.42 Å². The van der Waals surface area contributed by atoms with Gasteiger partial charge in [-0.05, 0) is 72.8 Å². The van der Waals surface area contributed by atoms with Gasteiger partial charge in [0, 0.05) is 21.9 Å². The molecular weight excluding hydrogens is 671 g/mol. The third-order valence-electron chi connectivity index (χ3n) is 10.8. The van der Waals surface area contributed by atoms with E-state index in [1.165, 1.54) is 16.3 Å². The van der Waals surface area contributed by atoms with Gasteiger partial charge in [-0.15, -0.1) is 0 Å². The van der Waals surface area contributed by atoms with Gasteiger partial charge in [-0.2, -0.15) is 0 Å². The van der Waals surface area contributed by atoms with Crippen LogP contribution in [0, 0.1) is 0 Å². The third-order valence-corrected chi connectivity index (χ3v) is 10.8. The third kappa shape index (κ3) is 5.11. The number of para-hydroxylation sites is 2. The van der Waals surface area contributed by atoms with E-state index in [-0.39, 0.29) is 0 Å². The van der Waals surface area contributed by atoms with Crippen LogP contribution < -0.4 is 0 Å². The van der Waals surface area contributed by atoms with Crippen molar-refractivity contribution in [1.82, 2.24) is 15.0 Å². The van der Waals surface area contributed by atoms with Crippen LogP contribution in [0.15, 0.2) is 192 Å². The number of rotatable bonds is 5. The smallest absolute Gasteiger partial charge is 0.167 e. The molecule has 0 saturated heterocycles. The lowest BCUT2D eigenvalue weighted by molar-refractivity contribution is 0.669. The molecule has 11 aromatic rings. The lowest BCUT2D eigenvalue weighted by Gasteiger charge is -2.16. The zero-order valence-corrected chi connectivity index (χ0v) is 29.6. The number of hydrogen-bond acceptors (Lipinski definition) is 4. The van der Waals surface area contributed by atoms with Crippen LogP contribution in [-0.4, -0.2) is 15.0 Å². The summed E-state index contributed by atoms with van der Waals surface area (Å²) in [5, 5.41) is 8.91. The zero-order chi connectivity index (χ0) is 36.3. The van der Waals surface area contributed by atoms with Gasteiger partial charge in [0.25, 0.3) is 0 Å². The van der Waals surface area contributed by atoms with Crippen molar-refractivity contribution in [3.05, 3.63) is 188 Å². The monoisotopic (exact) mass is 701 g/mol. The number of aromatic nitrogens is 3. The predicted molar refractivity (Wildman–Crippen MR) is 227 cm³/mol. The molecule has 0 radical (unpaired) electrons. The van der Waals surface area contributed by atoms with Crippen LogP contribution >= 0.6 is 0 Å². The maximum Gasteiger partial charge on any atom is 0.167 e. The summed E-state index contributed by atoms with van der Waals surface area (Å²) in [4.78, 5) is 16.1. The molecule has 0 bridgehead atoms. The van der Waals surface area contributed by atoms with E-state index in [4.69, 9.17) is 19.4 Å². The average Bonchev–Trinajstić information content (AvgIpc) is 3.65. The molecule has 0 aliphatic heterocycles. The highest BCUT2D eigenvalue weighted by Crippen LogP contribution is 2.42. The van der Waals surface area contributed by atoms with Crippen molar-refractivity contribution in [2.45, 2.75) is 0 Å². The Balaban J connectivity index is 1.22. The summed E-state index contributed by atoms with van der Waals surface area (Å²) in [6.07, 6.45) is 0. The fourth-order valence-electron chi connectivity index (χ4n) is 8.21. The SMILES string of the molecule is c1ccc(-c2ccc3ccccc3c2-c2nc(-c3ccc(-c4cccc5ccccc45)c4ccccc34)nc(-c3cccc4c3oc3ccccc34)n2)cc1. The summed E-state index contributed by atoms with van der Waals surface area (Å²) < 4.78 is 6.56. The van der Waals surface area contributed by atoms with Gasteiger partial charge in [-0.25, -0.2) is 15.0 Å². The molecule has 0 saturated carbocycles. The number of furan rings is 1. The van der Waals surface area contributed by atoms with E-state index in [1.54, 1.807) is 0 Å². The first kappa shape index (κ1) is 31.1. The molecule has 0 aliphatic rings. The van der Waals surface area contributed by atoms with E-state index in [9.17, 15) is 0 Å². The van der Waals surface area contributed by atoms with Gasteiger partial charge in [0.05, 0.1) is 5.56 Å². The second kappa shape index (κ2) is 12.6. The second-order valence-corrected chi connectivity index (χ2v) is 13.9. The average molecular weight is 702 g/mol. The lowest BCUT2D eigenvalue weighted by Crippen LogP contribution is -2.02. The maximum absolute atomic E-state index is 6.56. The predicted octanol–water partition coefficient (Wildman–Crippen LogP) is 13.6. The summed E-state index contributed by atoms with van der Waals surface area (Å²) in [5.74, 6) is 1.76. The van der Waals surface area contributed by atoms with Crippen LogP contribution in [-0.2, 0) is 0 Å². The van der Waals surface area contributed by atoms with E-state index in [0.29, 0.717) is 17.5 Å². The standard InChI is InChI=1S/C51H31N3O/c1-2-14-33(15-3-1)37-29-28-34-17-5-7-20-36(34)47(37)51-53-49(52-50(54-51)45-26-13-25-43-42-23-10-11-27-46(42)55-48(43)45)44-31-30-41(39-21-8-9-22-40(39)44)38-24-12-18-32-16-4-6-19-35(32)38/h1-31H. The van der Waals surface area contributed by atoms with Crippen LogP contribution in [0.2, 0.25) is 0 Å². The quantitative estimate of drug-likeness (QED) is 0.179. The van der Waals surface area contributed by atoms with Crippen molar-refractivity contribution >= 4 is 54.3 Å². The van der Waals surface area contributed by atoms with Crippen molar-refractivity contribution in [2.75, 3.05) is 0 Å². The van der Waals surface area contributed by atoms with Crippen LogP contribution in [0.25, 0.3) is 111 Å². The molecule has 0 unspecified atom stereocenters. The second-order valence-electron chi connectivity index (χ2n) is 13.9. The molecule has 0 fully saturated rings. The van der Waals surface area contributed by atoms with Gasteiger partial charge in [0.1, 0.15) is 11.2 Å². The summed E-state index contributed by atoms with van der Waals surface area (Å²) in [6, 6.07) is 65.7. The van der Waals surface area contributed by atoms with E-state index >= 15 is 0 Å². The van der Waals surface area contributed by atoms with Gasteiger partial charge >= 0.3 is 0 Å². The summed E-state index contributed by atoms with van der Waals surface area (Å²) in [6.45, 7) is 0. The molecule has 11 rings (SSSR count). The van der Waals surface area contributed by atoms with Crippen LogP contribution in [0.4, 0.5) is 0 Å². The molecule has 9 aromatic carbocycles. The largest absolute Gasteiger partial charge is 0.455 e. The minimum atomic E-state index is 0.554. The minimum absolute atomic E-state index is 0.554. The molecule has 0 atom stereocenters. The minimum Gasteiger partial charge on any atom is -0.455 e.